The molecule has 1 heterocycles. The number of hydrazine groups is 1. The molecule has 0 bridgehead atoms. The number of rotatable bonds is 4. The summed E-state index contributed by atoms with van der Waals surface area (Å²) in [6, 6.07) is 7.63. The number of para-hydroxylation sites is 1. The van der Waals surface area contributed by atoms with E-state index in [1.54, 1.807) is 24.4 Å². The third-order valence-corrected chi connectivity index (χ3v) is 3.23. The third kappa shape index (κ3) is 2.86. The Morgan fingerprint density at radius 3 is 2.75 bits per heavy atom. The van der Waals surface area contributed by atoms with E-state index in [2.05, 4.69) is 21.4 Å². The van der Waals surface area contributed by atoms with Gasteiger partial charge in [0.05, 0.1) is 11.5 Å². The summed E-state index contributed by atoms with van der Waals surface area (Å²) >= 11 is 3.27. The molecule has 0 radical (unpaired) electrons. The molecule has 20 heavy (non-hydrogen) atoms. The number of nitrogen functional groups attached to an aromatic ring is 1. The molecule has 0 saturated heterocycles. The zero-order valence-electron chi connectivity index (χ0n) is 10.2. The Morgan fingerprint density at radius 1 is 1.35 bits per heavy atom. The summed E-state index contributed by atoms with van der Waals surface area (Å²) in [6.45, 7) is 0.180. The van der Waals surface area contributed by atoms with Crippen molar-refractivity contribution in [2.24, 2.45) is 5.84 Å². The number of aromatic nitrogens is 1. The molecule has 0 amide bonds. The molecule has 0 aliphatic heterocycles. The van der Waals surface area contributed by atoms with Crippen LogP contribution in [0.2, 0.25) is 0 Å². The first-order valence-corrected chi connectivity index (χ1v) is 6.41. The molecule has 0 aliphatic rings. The van der Waals surface area contributed by atoms with Crippen LogP contribution in [0.5, 0.6) is 0 Å². The van der Waals surface area contributed by atoms with Gasteiger partial charge in [-0.05, 0) is 22.0 Å². The van der Waals surface area contributed by atoms with Gasteiger partial charge in [0.15, 0.2) is 0 Å². The largest absolute Gasteiger partial charge is 0.318 e. The number of pyridine rings is 1. The van der Waals surface area contributed by atoms with E-state index < -0.39 is 4.92 Å². The highest BCUT2D eigenvalue weighted by Crippen LogP contribution is 2.27. The van der Waals surface area contributed by atoms with Crippen molar-refractivity contribution in [3.8, 4) is 0 Å². The Balaban J connectivity index is 2.48. The van der Waals surface area contributed by atoms with Gasteiger partial charge in [-0.25, -0.2) is 0 Å². The Morgan fingerprint density at radius 2 is 2.10 bits per heavy atom. The highest BCUT2D eigenvalue weighted by molar-refractivity contribution is 9.10. The van der Waals surface area contributed by atoms with E-state index in [0.717, 1.165) is 4.47 Å². The first-order valence-electron chi connectivity index (χ1n) is 5.62. The quantitative estimate of drug-likeness (QED) is 0.503. The van der Waals surface area contributed by atoms with Crippen molar-refractivity contribution in [2.75, 3.05) is 5.43 Å². The number of nitrogens with zero attached hydrogens (tertiary/aromatic N) is 2. The molecule has 1 aromatic carbocycles. The number of nitro benzene ring substituents is 1. The summed E-state index contributed by atoms with van der Waals surface area (Å²) in [6.07, 6.45) is 1.61. The van der Waals surface area contributed by atoms with Crippen molar-refractivity contribution < 1.29 is 4.92 Å². The highest BCUT2D eigenvalue weighted by Gasteiger charge is 2.16. The molecule has 0 saturated carbocycles. The van der Waals surface area contributed by atoms with Crippen LogP contribution in [-0.4, -0.2) is 9.49 Å². The summed E-state index contributed by atoms with van der Waals surface area (Å²) in [4.78, 5) is 22.2. The molecule has 8 heteroatoms. The molecule has 0 atom stereocenters. The minimum atomic E-state index is -0.525. The zero-order valence-corrected chi connectivity index (χ0v) is 11.8. The second-order valence-electron chi connectivity index (χ2n) is 4.03. The molecule has 2 aromatic rings. The minimum Gasteiger partial charge on any atom is -0.318 e. The van der Waals surface area contributed by atoms with Crippen LogP contribution in [0, 0.1) is 10.1 Å². The van der Waals surface area contributed by atoms with Gasteiger partial charge in [-0.15, -0.1) is 0 Å². The molecular weight excluding hydrogens is 328 g/mol. The maximum Gasteiger partial charge on any atom is 0.293 e. The fraction of sp³-hybridized carbons (Fsp3) is 0.0833. The van der Waals surface area contributed by atoms with E-state index in [4.69, 9.17) is 5.84 Å². The Kier molecular flexibility index (Phi) is 4.16. The van der Waals surface area contributed by atoms with Crippen LogP contribution < -0.4 is 16.8 Å². The maximum atomic E-state index is 11.8. The van der Waals surface area contributed by atoms with Crippen LogP contribution in [0.1, 0.15) is 5.56 Å². The van der Waals surface area contributed by atoms with Gasteiger partial charge in [0.25, 0.3) is 11.2 Å². The van der Waals surface area contributed by atoms with Gasteiger partial charge in [-0.3, -0.25) is 20.8 Å². The van der Waals surface area contributed by atoms with E-state index in [9.17, 15) is 14.9 Å². The van der Waals surface area contributed by atoms with Crippen LogP contribution in [0.25, 0.3) is 0 Å². The van der Waals surface area contributed by atoms with Gasteiger partial charge in [0, 0.05) is 28.4 Å². The second-order valence-corrected chi connectivity index (χ2v) is 4.94. The van der Waals surface area contributed by atoms with Gasteiger partial charge in [-0.2, -0.15) is 0 Å². The number of hydrogen-bond acceptors (Lipinski definition) is 5. The molecule has 0 fully saturated rings. The topological polar surface area (TPSA) is 103 Å². The smallest absolute Gasteiger partial charge is 0.293 e. The predicted molar refractivity (Wildman–Crippen MR) is 78.4 cm³/mol. The van der Waals surface area contributed by atoms with Gasteiger partial charge in [-0.1, -0.05) is 12.1 Å². The van der Waals surface area contributed by atoms with Gasteiger partial charge in [0.1, 0.15) is 5.69 Å². The van der Waals surface area contributed by atoms with Crippen molar-refractivity contribution in [1.29, 1.82) is 0 Å². The van der Waals surface area contributed by atoms with Crippen LogP contribution in [0.4, 0.5) is 11.4 Å². The number of nitro groups is 1. The van der Waals surface area contributed by atoms with E-state index in [-0.39, 0.29) is 23.5 Å². The normalized spacial score (nSPS) is 10.3. The number of hydrogen-bond donors (Lipinski definition) is 2. The summed E-state index contributed by atoms with van der Waals surface area (Å²) in [7, 11) is 0. The van der Waals surface area contributed by atoms with E-state index in [0.29, 0.717) is 5.56 Å². The predicted octanol–water partition coefficient (Wildman–Crippen LogP) is 1.85. The third-order valence-electron chi connectivity index (χ3n) is 2.76. The van der Waals surface area contributed by atoms with Crippen molar-refractivity contribution in [3.63, 3.8) is 0 Å². The standard InChI is InChI=1S/C12H11BrN4O3/c13-9-4-5-11(18)16(7-9)6-8-2-1-3-10(17(19)20)12(8)15-14/h1-5,7,15H,6,14H2. The average Bonchev–Trinajstić information content (AvgIpc) is 2.42. The molecule has 0 aliphatic carbocycles. The molecular formula is C12H11BrN4O3. The van der Waals surface area contributed by atoms with Crippen molar-refractivity contribution in [1.82, 2.24) is 4.57 Å². The molecule has 1 aromatic heterocycles. The molecule has 3 N–H and O–H groups in total. The lowest BCUT2D eigenvalue weighted by molar-refractivity contribution is -0.384. The summed E-state index contributed by atoms with van der Waals surface area (Å²) in [5.41, 5.74) is 2.75. The Bertz CT molecular complexity index is 714. The number of nitrogens with one attached hydrogen (secondary N) is 1. The number of benzene rings is 1. The Hall–Kier alpha value is -2.19. The molecule has 7 nitrogen and oxygen atoms in total. The minimum absolute atomic E-state index is 0.131. The fourth-order valence-corrected chi connectivity index (χ4v) is 2.23. The lowest BCUT2D eigenvalue weighted by Gasteiger charge is -2.11. The van der Waals surface area contributed by atoms with Crippen LogP contribution >= 0.6 is 15.9 Å². The van der Waals surface area contributed by atoms with Crippen molar-refractivity contribution >= 4 is 27.3 Å². The SMILES string of the molecule is NNc1c(Cn2cc(Br)ccc2=O)cccc1[N+](=O)[O-]. The summed E-state index contributed by atoms with van der Waals surface area (Å²) in [5, 5.41) is 10.9. The molecule has 104 valence electrons. The van der Waals surface area contributed by atoms with Crippen molar-refractivity contribution in [2.45, 2.75) is 6.54 Å². The number of nitrogens with two attached hydrogens (primary N) is 1. The van der Waals surface area contributed by atoms with Crippen LogP contribution in [0.15, 0.2) is 45.8 Å². The molecule has 2 rings (SSSR count). The van der Waals surface area contributed by atoms with Gasteiger partial charge >= 0.3 is 0 Å². The zero-order chi connectivity index (χ0) is 14.7. The summed E-state index contributed by atoms with van der Waals surface area (Å²) in [5.74, 6) is 5.36. The first kappa shape index (κ1) is 14.2. The maximum absolute atomic E-state index is 11.8. The van der Waals surface area contributed by atoms with Crippen LogP contribution in [0.3, 0.4) is 0 Å². The van der Waals surface area contributed by atoms with Crippen molar-refractivity contribution in [3.05, 3.63) is 67.0 Å². The van der Waals surface area contributed by atoms with E-state index in [1.807, 2.05) is 0 Å². The van der Waals surface area contributed by atoms with E-state index in [1.165, 1.54) is 16.7 Å². The summed E-state index contributed by atoms with van der Waals surface area (Å²) < 4.78 is 2.18. The lowest BCUT2D eigenvalue weighted by atomic mass is 10.1. The highest BCUT2D eigenvalue weighted by atomic mass is 79.9. The monoisotopic (exact) mass is 338 g/mol. The van der Waals surface area contributed by atoms with Crippen LogP contribution in [-0.2, 0) is 6.54 Å². The first-order chi connectivity index (χ1) is 9.52. The Labute approximate surface area is 122 Å². The lowest BCUT2D eigenvalue weighted by Crippen LogP contribution is -2.20. The average molecular weight is 339 g/mol. The van der Waals surface area contributed by atoms with Gasteiger partial charge < -0.3 is 9.99 Å². The van der Waals surface area contributed by atoms with E-state index >= 15 is 0 Å². The molecule has 0 spiro atoms. The number of anilines is 1. The van der Waals surface area contributed by atoms with Gasteiger partial charge in [0.2, 0.25) is 0 Å². The second kappa shape index (κ2) is 5.85. The molecule has 0 unspecified atom stereocenters. The fourth-order valence-electron chi connectivity index (χ4n) is 1.85. The number of halogens is 1.